The quantitative estimate of drug-likeness (QED) is 0.414. The van der Waals surface area contributed by atoms with Crippen LogP contribution in [0.2, 0.25) is 0 Å². The highest BCUT2D eigenvalue weighted by Gasteiger charge is 2.36. The molecule has 3 N–H and O–H groups in total. The Balaban J connectivity index is 1.65. The topological polar surface area (TPSA) is 128 Å². The van der Waals surface area contributed by atoms with Crippen molar-refractivity contribution < 1.29 is 31.2 Å². The van der Waals surface area contributed by atoms with Gasteiger partial charge < -0.3 is 11.1 Å². The second kappa shape index (κ2) is 10.7. The lowest BCUT2D eigenvalue weighted by Gasteiger charge is -2.18. The number of amides is 2. The largest absolute Gasteiger partial charge is 0.416 e. The fourth-order valence-corrected chi connectivity index (χ4v) is 5.86. The summed E-state index contributed by atoms with van der Waals surface area (Å²) in [4.78, 5) is 38.0. The number of hydrogen-bond acceptors (Lipinski definition) is 5. The van der Waals surface area contributed by atoms with E-state index in [0.717, 1.165) is 22.8 Å². The number of hydrogen-bond donors (Lipinski definition) is 2. The van der Waals surface area contributed by atoms with Crippen molar-refractivity contribution in [2.45, 2.75) is 55.5 Å². The minimum absolute atomic E-state index is 0.0317. The smallest absolute Gasteiger partial charge is 0.370 e. The molecule has 39 heavy (non-hydrogen) atoms. The summed E-state index contributed by atoms with van der Waals surface area (Å²) in [6, 6.07) is 11.5. The van der Waals surface area contributed by atoms with Crippen LogP contribution in [0.3, 0.4) is 0 Å². The number of carbonyl (C=O) groups is 2. The summed E-state index contributed by atoms with van der Waals surface area (Å²) < 4.78 is 65.8. The molecule has 206 valence electrons. The van der Waals surface area contributed by atoms with Gasteiger partial charge in [-0.1, -0.05) is 18.2 Å². The molecule has 0 spiro atoms. The van der Waals surface area contributed by atoms with Crippen LogP contribution in [0.25, 0.3) is 5.69 Å². The molecule has 1 aromatic heterocycles. The summed E-state index contributed by atoms with van der Waals surface area (Å²) in [5, 5.41) is 2.25. The van der Waals surface area contributed by atoms with Gasteiger partial charge in [-0.25, -0.2) is 8.42 Å². The summed E-state index contributed by atoms with van der Waals surface area (Å²) in [6.45, 7) is 1.48. The molecule has 1 fully saturated rings. The second-order valence-corrected chi connectivity index (χ2v) is 11.6. The molecular formula is C27H26F3N3O5S. The average molecular weight is 562 g/mol. The van der Waals surface area contributed by atoms with Gasteiger partial charge in [0.15, 0.2) is 9.84 Å². The highest BCUT2D eigenvalue weighted by Crippen LogP contribution is 2.33. The summed E-state index contributed by atoms with van der Waals surface area (Å²) in [6.07, 6.45) is -3.41. The molecule has 0 atom stereocenters. The number of benzene rings is 2. The molecule has 12 heteroatoms. The van der Waals surface area contributed by atoms with Gasteiger partial charge in [0.05, 0.1) is 15.7 Å². The molecule has 1 saturated carbocycles. The Morgan fingerprint density at radius 2 is 1.74 bits per heavy atom. The number of nitrogens with two attached hydrogens (primary N) is 1. The van der Waals surface area contributed by atoms with Crippen LogP contribution in [0.1, 0.15) is 52.0 Å². The van der Waals surface area contributed by atoms with Gasteiger partial charge in [-0.2, -0.15) is 13.2 Å². The number of rotatable bonds is 9. The fraction of sp³-hybridized carbons (Fsp3) is 0.296. The Morgan fingerprint density at radius 1 is 1.08 bits per heavy atom. The van der Waals surface area contributed by atoms with Crippen LogP contribution in [0, 0.1) is 6.92 Å². The fourth-order valence-electron chi connectivity index (χ4n) is 4.21. The van der Waals surface area contributed by atoms with Crippen molar-refractivity contribution >= 4 is 21.7 Å². The summed E-state index contributed by atoms with van der Waals surface area (Å²) >= 11 is 0. The second-order valence-electron chi connectivity index (χ2n) is 9.39. The lowest BCUT2D eigenvalue weighted by atomic mass is 10.0. The molecule has 0 radical (unpaired) electrons. The number of aromatic nitrogens is 1. The Bertz CT molecular complexity index is 1590. The lowest BCUT2D eigenvalue weighted by Crippen LogP contribution is -2.34. The van der Waals surface area contributed by atoms with Gasteiger partial charge in [0.1, 0.15) is 5.56 Å². The van der Waals surface area contributed by atoms with Crippen LogP contribution in [-0.2, 0) is 33.8 Å². The van der Waals surface area contributed by atoms with E-state index in [9.17, 15) is 36.0 Å². The van der Waals surface area contributed by atoms with Crippen molar-refractivity contribution in [3.63, 3.8) is 0 Å². The van der Waals surface area contributed by atoms with E-state index in [-0.39, 0.29) is 46.5 Å². The summed E-state index contributed by atoms with van der Waals surface area (Å²) in [5.74, 6) is -1.40. The van der Waals surface area contributed by atoms with E-state index in [1.807, 2.05) is 0 Å². The van der Waals surface area contributed by atoms with Gasteiger partial charge in [-0.15, -0.1) is 0 Å². The van der Waals surface area contributed by atoms with Gasteiger partial charge in [-0.3, -0.25) is 19.0 Å². The summed E-state index contributed by atoms with van der Waals surface area (Å²) in [5.41, 5.74) is 4.28. The van der Waals surface area contributed by atoms with E-state index in [4.69, 9.17) is 5.73 Å². The van der Waals surface area contributed by atoms with Crippen LogP contribution in [0.15, 0.2) is 64.3 Å². The molecule has 1 heterocycles. The van der Waals surface area contributed by atoms with E-state index < -0.39 is 39.0 Å². The number of carbonyl (C=O) groups excluding carboxylic acids is 2. The Morgan fingerprint density at radius 3 is 2.33 bits per heavy atom. The predicted octanol–water partition coefficient (Wildman–Crippen LogP) is 3.45. The number of sulfone groups is 1. The standard InChI is InChI=1S/C27H26F3N3O5S/c1-16-18(7-12-24(31)34)13-23(26(36)33(16)20-4-2-3-19(14-20)27(28,29)30)25(35)32-15-17-5-8-21(9-6-17)39(37,38)22-10-11-22/h2-6,8-9,13-14,22H,7,10-12,15H2,1H3,(H2,31,34)(H,32,35). The van der Waals surface area contributed by atoms with Crippen molar-refractivity contribution in [2.75, 3.05) is 0 Å². The van der Waals surface area contributed by atoms with Gasteiger partial charge in [0, 0.05) is 24.3 Å². The van der Waals surface area contributed by atoms with Crippen LogP contribution in [0.4, 0.5) is 13.2 Å². The maximum atomic E-state index is 13.4. The number of nitrogens with zero attached hydrogens (tertiary/aromatic N) is 1. The Labute approximate surface area is 222 Å². The van der Waals surface area contributed by atoms with Crippen LogP contribution in [0.5, 0.6) is 0 Å². The highest BCUT2D eigenvalue weighted by molar-refractivity contribution is 7.92. The third-order valence-electron chi connectivity index (χ3n) is 6.54. The van der Waals surface area contributed by atoms with Crippen LogP contribution < -0.4 is 16.6 Å². The van der Waals surface area contributed by atoms with E-state index in [2.05, 4.69) is 5.32 Å². The Kier molecular flexibility index (Phi) is 7.69. The molecular weight excluding hydrogens is 535 g/mol. The summed E-state index contributed by atoms with van der Waals surface area (Å²) in [7, 11) is -3.36. The minimum atomic E-state index is -4.65. The van der Waals surface area contributed by atoms with E-state index in [1.165, 1.54) is 31.2 Å². The highest BCUT2D eigenvalue weighted by atomic mass is 32.2. The van der Waals surface area contributed by atoms with E-state index in [0.29, 0.717) is 24.0 Å². The molecule has 4 rings (SSSR count). The van der Waals surface area contributed by atoms with Crippen LogP contribution in [-0.4, -0.2) is 30.0 Å². The lowest BCUT2D eigenvalue weighted by molar-refractivity contribution is -0.137. The monoisotopic (exact) mass is 561 g/mol. The third kappa shape index (κ3) is 6.22. The van der Waals surface area contributed by atoms with Crippen molar-refractivity contribution in [3.05, 3.63) is 92.9 Å². The number of aryl methyl sites for hydroxylation is 1. The van der Waals surface area contributed by atoms with E-state index in [1.54, 1.807) is 12.1 Å². The van der Waals surface area contributed by atoms with Gasteiger partial charge >= 0.3 is 6.18 Å². The first-order valence-electron chi connectivity index (χ1n) is 12.1. The molecule has 0 saturated heterocycles. The third-order valence-corrected chi connectivity index (χ3v) is 8.82. The first kappa shape index (κ1) is 28.1. The van der Waals surface area contributed by atoms with Crippen LogP contribution >= 0.6 is 0 Å². The van der Waals surface area contributed by atoms with Crippen molar-refractivity contribution in [1.82, 2.24) is 9.88 Å². The molecule has 2 amide bonds. The normalized spacial score (nSPS) is 13.7. The molecule has 0 bridgehead atoms. The van der Waals surface area contributed by atoms with Crippen molar-refractivity contribution in [3.8, 4) is 5.69 Å². The van der Waals surface area contributed by atoms with Gasteiger partial charge in [-0.05, 0) is 73.7 Å². The SMILES string of the molecule is Cc1c(CCC(N)=O)cc(C(=O)NCc2ccc(S(=O)(=O)C3CC3)cc2)c(=O)n1-c1cccc(C(F)(F)F)c1. The first-order valence-corrected chi connectivity index (χ1v) is 13.7. The zero-order valence-electron chi connectivity index (χ0n) is 20.9. The predicted molar refractivity (Wildman–Crippen MR) is 137 cm³/mol. The zero-order valence-corrected chi connectivity index (χ0v) is 21.7. The Hall–Kier alpha value is -3.93. The van der Waals surface area contributed by atoms with E-state index >= 15 is 0 Å². The van der Waals surface area contributed by atoms with Gasteiger partial charge in [0.2, 0.25) is 5.91 Å². The molecule has 0 aliphatic heterocycles. The number of primary amides is 1. The number of nitrogens with one attached hydrogen (secondary N) is 1. The van der Waals surface area contributed by atoms with Gasteiger partial charge in [0.25, 0.3) is 11.5 Å². The molecule has 1 aliphatic carbocycles. The van der Waals surface area contributed by atoms with Crippen molar-refractivity contribution in [2.24, 2.45) is 5.73 Å². The minimum Gasteiger partial charge on any atom is -0.370 e. The number of pyridine rings is 1. The zero-order chi connectivity index (χ0) is 28.5. The molecule has 1 aliphatic rings. The molecule has 2 aromatic carbocycles. The molecule has 3 aromatic rings. The first-order chi connectivity index (χ1) is 18.3. The average Bonchev–Trinajstić information content (AvgIpc) is 3.73. The molecule has 0 unspecified atom stereocenters. The molecule has 8 nitrogen and oxygen atoms in total. The maximum Gasteiger partial charge on any atom is 0.416 e. The number of halogens is 3. The number of alkyl halides is 3. The maximum absolute atomic E-state index is 13.4. The van der Waals surface area contributed by atoms with Crippen molar-refractivity contribution in [1.29, 1.82) is 0 Å².